The number of carbonyl (C=O) groups is 1. The monoisotopic (exact) mass is 242 g/mol. The molecule has 1 aromatic carbocycles. The van der Waals surface area contributed by atoms with Crippen LogP contribution in [-0.2, 0) is 4.79 Å². The van der Waals surface area contributed by atoms with Gasteiger partial charge in [-0.2, -0.15) is 0 Å². The van der Waals surface area contributed by atoms with Crippen LogP contribution in [0.5, 0.6) is 0 Å². The van der Waals surface area contributed by atoms with Gasteiger partial charge < -0.3 is 11.1 Å². The number of rotatable bonds is 3. The molecule has 1 amide bonds. The molecule has 0 aromatic heterocycles. The summed E-state index contributed by atoms with van der Waals surface area (Å²) in [4.78, 5) is 11.1. The Labute approximate surface area is 103 Å². The molecule has 3 nitrogen and oxygen atoms in total. The van der Waals surface area contributed by atoms with Crippen LogP contribution in [0.2, 0.25) is 0 Å². The van der Waals surface area contributed by atoms with E-state index in [9.17, 15) is 4.79 Å². The van der Waals surface area contributed by atoms with E-state index in [4.69, 9.17) is 5.73 Å². The zero-order valence-corrected chi connectivity index (χ0v) is 10.7. The molecule has 3 N–H and O–H groups in total. The fraction of sp³-hybridized carbons (Fsp3) is 0.417. The van der Waals surface area contributed by atoms with E-state index in [0.29, 0.717) is 0 Å². The van der Waals surface area contributed by atoms with Crippen molar-refractivity contribution < 1.29 is 4.79 Å². The summed E-state index contributed by atoms with van der Waals surface area (Å²) < 4.78 is 0. The SMILES string of the molecule is Cc1ccc(C(C)NC(=O)CN)cc1C.Cl. The van der Waals surface area contributed by atoms with Gasteiger partial charge in [-0.1, -0.05) is 18.2 Å². The summed E-state index contributed by atoms with van der Waals surface area (Å²) in [7, 11) is 0. The smallest absolute Gasteiger partial charge is 0.234 e. The summed E-state index contributed by atoms with van der Waals surface area (Å²) >= 11 is 0. The molecule has 16 heavy (non-hydrogen) atoms. The first-order valence-electron chi connectivity index (χ1n) is 5.11. The standard InChI is InChI=1S/C12H18N2O.ClH/c1-8-4-5-11(6-9(8)2)10(3)14-12(15)7-13;/h4-6,10H,7,13H2,1-3H3,(H,14,15);1H. The normalized spacial score (nSPS) is 11.5. The van der Waals surface area contributed by atoms with Crippen molar-refractivity contribution >= 4 is 18.3 Å². The maximum Gasteiger partial charge on any atom is 0.234 e. The summed E-state index contributed by atoms with van der Waals surface area (Å²) in [6.07, 6.45) is 0. The predicted molar refractivity (Wildman–Crippen MR) is 68.8 cm³/mol. The summed E-state index contributed by atoms with van der Waals surface area (Å²) in [5.74, 6) is -0.124. The lowest BCUT2D eigenvalue weighted by atomic mass is 10.0. The lowest BCUT2D eigenvalue weighted by molar-refractivity contribution is -0.120. The number of hydrogen-bond acceptors (Lipinski definition) is 2. The minimum atomic E-state index is -0.124. The van der Waals surface area contributed by atoms with Crippen LogP contribution in [0.3, 0.4) is 0 Å². The lowest BCUT2D eigenvalue weighted by Crippen LogP contribution is -2.32. The van der Waals surface area contributed by atoms with Crippen molar-refractivity contribution in [2.45, 2.75) is 26.8 Å². The summed E-state index contributed by atoms with van der Waals surface area (Å²) in [5, 5.41) is 2.83. The molecule has 0 bridgehead atoms. The van der Waals surface area contributed by atoms with Gasteiger partial charge in [-0.05, 0) is 37.5 Å². The minimum absolute atomic E-state index is 0. The Balaban J connectivity index is 0.00000225. The fourth-order valence-electron chi connectivity index (χ4n) is 1.42. The first-order chi connectivity index (χ1) is 7.04. The van der Waals surface area contributed by atoms with Crippen molar-refractivity contribution in [3.63, 3.8) is 0 Å². The zero-order valence-electron chi connectivity index (χ0n) is 9.91. The van der Waals surface area contributed by atoms with Gasteiger partial charge in [0, 0.05) is 0 Å². The average molecular weight is 243 g/mol. The number of benzene rings is 1. The number of hydrogen-bond donors (Lipinski definition) is 2. The van der Waals surface area contributed by atoms with Crippen LogP contribution in [-0.4, -0.2) is 12.5 Å². The number of halogens is 1. The largest absolute Gasteiger partial charge is 0.348 e. The van der Waals surface area contributed by atoms with Crippen molar-refractivity contribution in [2.24, 2.45) is 5.73 Å². The molecule has 90 valence electrons. The van der Waals surface area contributed by atoms with Crippen molar-refractivity contribution in [1.29, 1.82) is 0 Å². The van der Waals surface area contributed by atoms with Crippen LogP contribution in [0.15, 0.2) is 18.2 Å². The quantitative estimate of drug-likeness (QED) is 0.850. The van der Waals surface area contributed by atoms with E-state index in [1.54, 1.807) is 0 Å². The van der Waals surface area contributed by atoms with Crippen LogP contribution in [0, 0.1) is 13.8 Å². The van der Waals surface area contributed by atoms with E-state index in [2.05, 4.69) is 31.3 Å². The molecule has 1 rings (SSSR count). The third kappa shape index (κ3) is 3.83. The Morgan fingerprint density at radius 3 is 2.50 bits per heavy atom. The van der Waals surface area contributed by atoms with Crippen molar-refractivity contribution in [1.82, 2.24) is 5.32 Å². The molecule has 0 aliphatic heterocycles. The second-order valence-electron chi connectivity index (χ2n) is 3.84. The van der Waals surface area contributed by atoms with E-state index in [1.165, 1.54) is 11.1 Å². The third-order valence-electron chi connectivity index (χ3n) is 2.59. The highest BCUT2D eigenvalue weighted by Gasteiger charge is 2.08. The van der Waals surface area contributed by atoms with Gasteiger partial charge in [0.1, 0.15) is 0 Å². The molecule has 0 aliphatic carbocycles. The van der Waals surface area contributed by atoms with Gasteiger partial charge in [0.15, 0.2) is 0 Å². The molecule has 0 saturated heterocycles. The summed E-state index contributed by atoms with van der Waals surface area (Å²) in [6, 6.07) is 6.21. The Bertz CT molecular complexity index is 366. The van der Waals surface area contributed by atoms with Crippen LogP contribution in [0.4, 0.5) is 0 Å². The molecule has 0 aliphatic rings. The molecular weight excluding hydrogens is 224 g/mol. The van der Waals surface area contributed by atoms with Crippen LogP contribution in [0.1, 0.15) is 29.7 Å². The molecule has 0 saturated carbocycles. The van der Waals surface area contributed by atoms with Crippen LogP contribution < -0.4 is 11.1 Å². The Kier molecular flexibility index (Phi) is 6.08. The van der Waals surface area contributed by atoms with Gasteiger partial charge in [-0.15, -0.1) is 12.4 Å². The molecule has 1 unspecified atom stereocenters. The minimum Gasteiger partial charge on any atom is -0.348 e. The Hall–Kier alpha value is -1.06. The highest BCUT2D eigenvalue weighted by molar-refractivity contribution is 5.85. The highest BCUT2D eigenvalue weighted by atomic mass is 35.5. The van der Waals surface area contributed by atoms with Crippen molar-refractivity contribution in [3.05, 3.63) is 34.9 Å². The van der Waals surface area contributed by atoms with Gasteiger partial charge in [0.25, 0.3) is 0 Å². The first-order valence-corrected chi connectivity index (χ1v) is 5.11. The van der Waals surface area contributed by atoms with Crippen LogP contribution in [0.25, 0.3) is 0 Å². The number of nitrogens with one attached hydrogen (secondary N) is 1. The highest BCUT2D eigenvalue weighted by Crippen LogP contribution is 2.16. The molecular formula is C12H19ClN2O. The average Bonchev–Trinajstić information content (AvgIpc) is 2.21. The molecule has 0 spiro atoms. The van der Waals surface area contributed by atoms with Gasteiger partial charge in [0.05, 0.1) is 12.6 Å². The van der Waals surface area contributed by atoms with Crippen molar-refractivity contribution in [3.8, 4) is 0 Å². The third-order valence-corrected chi connectivity index (χ3v) is 2.59. The zero-order chi connectivity index (χ0) is 11.4. The van der Waals surface area contributed by atoms with Gasteiger partial charge in [-0.25, -0.2) is 0 Å². The Morgan fingerprint density at radius 2 is 2.00 bits per heavy atom. The van der Waals surface area contributed by atoms with E-state index >= 15 is 0 Å². The van der Waals surface area contributed by atoms with Gasteiger partial charge in [-0.3, -0.25) is 4.79 Å². The predicted octanol–water partition coefficient (Wildman–Crippen LogP) is 1.86. The van der Waals surface area contributed by atoms with Gasteiger partial charge >= 0.3 is 0 Å². The molecule has 0 heterocycles. The van der Waals surface area contributed by atoms with Crippen LogP contribution >= 0.6 is 12.4 Å². The lowest BCUT2D eigenvalue weighted by Gasteiger charge is -2.15. The summed E-state index contributed by atoms with van der Waals surface area (Å²) in [6.45, 7) is 6.13. The van der Waals surface area contributed by atoms with Crippen molar-refractivity contribution in [2.75, 3.05) is 6.54 Å². The number of aryl methyl sites for hydroxylation is 2. The molecule has 4 heteroatoms. The maximum absolute atomic E-state index is 11.1. The molecule has 1 atom stereocenters. The molecule has 0 fully saturated rings. The molecule has 1 aromatic rings. The van der Waals surface area contributed by atoms with E-state index in [-0.39, 0.29) is 30.9 Å². The number of nitrogens with two attached hydrogens (primary N) is 1. The number of amides is 1. The topological polar surface area (TPSA) is 55.1 Å². The molecule has 0 radical (unpaired) electrons. The van der Waals surface area contributed by atoms with E-state index in [1.807, 2.05) is 13.0 Å². The maximum atomic E-state index is 11.1. The second-order valence-corrected chi connectivity index (χ2v) is 3.84. The van der Waals surface area contributed by atoms with E-state index < -0.39 is 0 Å². The fourth-order valence-corrected chi connectivity index (χ4v) is 1.42. The summed E-state index contributed by atoms with van der Waals surface area (Å²) in [5.41, 5.74) is 8.85. The number of carbonyl (C=O) groups excluding carboxylic acids is 1. The Morgan fingerprint density at radius 1 is 1.38 bits per heavy atom. The van der Waals surface area contributed by atoms with E-state index in [0.717, 1.165) is 5.56 Å². The second kappa shape index (κ2) is 6.51. The first kappa shape index (κ1) is 14.9. The van der Waals surface area contributed by atoms with Gasteiger partial charge in [0.2, 0.25) is 5.91 Å².